The first-order valence-electron chi connectivity index (χ1n) is 9.95. The molecule has 0 aliphatic carbocycles. The number of aliphatic carboxylic acids is 1. The summed E-state index contributed by atoms with van der Waals surface area (Å²) in [7, 11) is -4.28. The van der Waals surface area contributed by atoms with E-state index in [9.17, 15) is 22.7 Å². The van der Waals surface area contributed by atoms with Gasteiger partial charge in [0.15, 0.2) is 0 Å². The van der Waals surface area contributed by atoms with E-state index in [0.717, 1.165) is 0 Å². The highest BCUT2D eigenvalue weighted by Crippen LogP contribution is 2.32. The minimum atomic E-state index is -4.28. The zero-order valence-corrected chi connectivity index (χ0v) is 18.5. The number of carbonyl (C=O) groups is 1. The monoisotopic (exact) mass is 471 g/mol. The van der Waals surface area contributed by atoms with Crippen molar-refractivity contribution in [2.24, 2.45) is 11.1 Å². The molecule has 7 nitrogen and oxygen atoms in total. The summed E-state index contributed by atoms with van der Waals surface area (Å²) in [5.74, 6) is -3.19. The summed E-state index contributed by atoms with van der Waals surface area (Å²) in [4.78, 5) is 17.3. The highest BCUT2D eigenvalue weighted by Gasteiger charge is 2.37. The Kier molecular flexibility index (Phi) is 7.92. The first-order valence-corrected chi connectivity index (χ1v) is 11.4. The van der Waals surface area contributed by atoms with E-state index in [2.05, 4.69) is 5.16 Å². The summed E-state index contributed by atoms with van der Waals surface area (Å²) < 4.78 is 44.2. The molecule has 2 unspecified atom stereocenters. The van der Waals surface area contributed by atoms with Gasteiger partial charge in [-0.25, -0.2) is 4.39 Å². The standard InChI is InChI=1S/C24H22FNO6S/c1-17(26-31-16-18-12-14-20(25)15-13-18)22(24(27)28)23(19-8-4-2-5-9-19)32-33(29,30)21-10-6-3-7-11-21/h2-15,22-23H,16H2,1H3,(H,27,28). The van der Waals surface area contributed by atoms with Crippen molar-refractivity contribution in [2.75, 3.05) is 0 Å². The van der Waals surface area contributed by atoms with Crippen molar-refractivity contribution in [1.29, 1.82) is 0 Å². The summed E-state index contributed by atoms with van der Waals surface area (Å²) in [6.07, 6.45) is -1.40. The largest absolute Gasteiger partial charge is 0.481 e. The molecule has 9 heteroatoms. The van der Waals surface area contributed by atoms with Gasteiger partial charge in [0.1, 0.15) is 24.4 Å². The molecule has 3 aromatic rings. The molecule has 0 aliphatic heterocycles. The van der Waals surface area contributed by atoms with Crippen LogP contribution in [-0.2, 0) is 30.5 Å². The lowest BCUT2D eigenvalue weighted by Gasteiger charge is -2.24. The van der Waals surface area contributed by atoms with Gasteiger partial charge >= 0.3 is 5.97 Å². The molecule has 0 saturated carbocycles. The van der Waals surface area contributed by atoms with Crippen LogP contribution in [0, 0.1) is 11.7 Å². The maximum absolute atomic E-state index is 13.0. The molecule has 172 valence electrons. The summed E-state index contributed by atoms with van der Waals surface area (Å²) in [6.45, 7) is 1.39. The van der Waals surface area contributed by atoms with Crippen molar-refractivity contribution in [2.45, 2.75) is 24.5 Å². The van der Waals surface area contributed by atoms with Crippen LogP contribution in [-0.4, -0.2) is 25.2 Å². The number of benzene rings is 3. The van der Waals surface area contributed by atoms with Gasteiger partial charge in [-0.2, -0.15) is 8.42 Å². The molecule has 1 N–H and O–H groups in total. The van der Waals surface area contributed by atoms with Crippen molar-refractivity contribution in [3.63, 3.8) is 0 Å². The van der Waals surface area contributed by atoms with Crippen LogP contribution in [0.1, 0.15) is 24.2 Å². The Balaban J connectivity index is 1.90. The molecular formula is C24H22FNO6S. The van der Waals surface area contributed by atoms with Crippen molar-refractivity contribution < 1.29 is 31.7 Å². The van der Waals surface area contributed by atoms with Gasteiger partial charge in [0, 0.05) is 0 Å². The number of hydrogen-bond acceptors (Lipinski definition) is 6. The highest BCUT2D eigenvalue weighted by molar-refractivity contribution is 7.86. The van der Waals surface area contributed by atoms with Crippen molar-refractivity contribution in [3.8, 4) is 0 Å². The van der Waals surface area contributed by atoms with Crippen LogP contribution in [0.2, 0.25) is 0 Å². The molecule has 0 aromatic heterocycles. The van der Waals surface area contributed by atoms with Crippen LogP contribution < -0.4 is 0 Å². The summed E-state index contributed by atoms with van der Waals surface area (Å²) in [5.41, 5.74) is 0.974. The average Bonchev–Trinajstić information content (AvgIpc) is 2.81. The molecule has 33 heavy (non-hydrogen) atoms. The van der Waals surface area contributed by atoms with Crippen LogP contribution in [0.25, 0.3) is 0 Å². The molecule has 3 rings (SSSR count). The third kappa shape index (κ3) is 6.47. The van der Waals surface area contributed by atoms with Gasteiger partial charge < -0.3 is 9.94 Å². The maximum Gasteiger partial charge on any atom is 0.315 e. The van der Waals surface area contributed by atoms with E-state index >= 15 is 0 Å². The lowest BCUT2D eigenvalue weighted by atomic mass is 9.92. The Morgan fingerprint density at radius 1 is 0.970 bits per heavy atom. The van der Waals surface area contributed by atoms with Crippen LogP contribution in [0.4, 0.5) is 4.39 Å². The third-order valence-corrected chi connectivity index (χ3v) is 6.07. The molecule has 0 bridgehead atoms. The second-order valence-corrected chi connectivity index (χ2v) is 8.72. The number of carboxylic acid groups (broad SMARTS) is 1. The number of rotatable bonds is 10. The van der Waals surface area contributed by atoms with Crippen molar-refractivity contribution in [3.05, 3.63) is 102 Å². The molecule has 0 amide bonds. The van der Waals surface area contributed by atoms with Gasteiger partial charge in [-0.05, 0) is 42.3 Å². The predicted molar refractivity (Wildman–Crippen MR) is 119 cm³/mol. The Labute approximate surface area is 191 Å². The predicted octanol–water partition coefficient (Wildman–Crippen LogP) is 4.57. The number of nitrogens with zero attached hydrogens (tertiary/aromatic N) is 1. The van der Waals surface area contributed by atoms with Gasteiger partial charge in [0.2, 0.25) is 0 Å². The number of hydrogen-bond donors (Lipinski definition) is 1. The van der Waals surface area contributed by atoms with Crippen molar-refractivity contribution in [1.82, 2.24) is 0 Å². The summed E-state index contributed by atoms with van der Waals surface area (Å²) >= 11 is 0. The van der Waals surface area contributed by atoms with E-state index in [0.29, 0.717) is 11.1 Å². The Bertz CT molecular complexity index is 1200. The number of halogens is 1. The lowest BCUT2D eigenvalue weighted by Crippen LogP contribution is -2.32. The van der Waals surface area contributed by atoms with Gasteiger partial charge in [-0.1, -0.05) is 65.8 Å². The second kappa shape index (κ2) is 10.8. The van der Waals surface area contributed by atoms with Crippen LogP contribution in [0.15, 0.2) is 95.0 Å². The summed E-state index contributed by atoms with van der Waals surface area (Å²) in [6, 6.07) is 21.2. The number of oxime groups is 1. The maximum atomic E-state index is 13.0. The molecular weight excluding hydrogens is 449 g/mol. The van der Waals surface area contributed by atoms with Crippen LogP contribution >= 0.6 is 0 Å². The fraction of sp³-hybridized carbons (Fsp3) is 0.167. The van der Waals surface area contributed by atoms with Gasteiger partial charge in [0.05, 0.1) is 10.6 Å². The molecule has 0 radical (unpaired) electrons. The fourth-order valence-corrected chi connectivity index (χ4v) is 4.20. The smallest absolute Gasteiger partial charge is 0.315 e. The zero-order chi connectivity index (χ0) is 23.8. The van der Waals surface area contributed by atoms with E-state index in [-0.39, 0.29) is 17.2 Å². The molecule has 0 aliphatic rings. The fourth-order valence-electron chi connectivity index (χ4n) is 3.10. The Morgan fingerprint density at radius 2 is 1.55 bits per heavy atom. The Morgan fingerprint density at radius 3 is 2.12 bits per heavy atom. The Hall–Kier alpha value is -3.56. The first-order chi connectivity index (χ1) is 15.8. The van der Waals surface area contributed by atoms with Gasteiger partial charge in [0.25, 0.3) is 10.1 Å². The summed E-state index contributed by atoms with van der Waals surface area (Å²) in [5, 5.41) is 13.8. The minimum absolute atomic E-state index is 0.00160. The molecule has 0 fully saturated rings. The molecule has 3 aromatic carbocycles. The van der Waals surface area contributed by atoms with E-state index in [1.807, 2.05) is 0 Å². The average molecular weight is 472 g/mol. The van der Waals surface area contributed by atoms with E-state index < -0.39 is 33.9 Å². The molecule has 0 saturated heterocycles. The zero-order valence-electron chi connectivity index (χ0n) is 17.7. The van der Waals surface area contributed by atoms with Crippen LogP contribution in [0.5, 0.6) is 0 Å². The van der Waals surface area contributed by atoms with E-state index in [1.54, 1.807) is 48.5 Å². The molecule has 0 heterocycles. The van der Waals surface area contributed by atoms with Crippen molar-refractivity contribution >= 4 is 21.8 Å². The van der Waals surface area contributed by atoms with E-state index in [4.69, 9.17) is 9.02 Å². The topological polar surface area (TPSA) is 102 Å². The first kappa shape index (κ1) is 24.1. The lowest BCUT2D eigenvalue weighted by molar-refractivity contribution is -0.142. The highest BCUT2D eigenvalue weighted by atomic mass is 32.2. The van der Waals surface area contributed by atoms with Gasteiger partial charge in [-0.3, -0.25) is 8.98 Å². The van der Waals surface area contributed by atoms with Gasteiger partial charge in [-0.15, -0.1) is 0 Å². The second-order valence-electron chi connectivity index (χ2n) is 7.14. The van der Waals surface area contributed by atoms with E-state index in [1.165, 1.54) is 43.3 Å². The quantitative estimate of drug-likeness (QED) is 0.264. The normalized spacial score (nSPS) is 13.8. The minimum Gasteiger partial charge on any atom is -0.481 e. The SMILES string of the molecule is CC(=NOCc1ccc(F)cc1)C(C(=O)O)C(OS(=O)(=O)c1ccccc1)c1ccccc1. The molecule has 0 spiro atoms. The van der Waals surface area contributed by atoms with Crippen LogP contribution in [0.3, 0.4) is 0 Å². The molecule has 2 atom stereocenters. The number of carboxylic acids is 1. The third-order valence-electron chi connectivity index (χ3n) is 4.76.